The van der Waals surface area contributed by atoms with Gasteiger partial charge in [-0.2, -0.15) is 0 Å². The van der Waals surface area contributed by atoms with Gasteiger partial charge in [-0.25, -0.2) is 14.6 Å². The van der Waals surface area contributed by atoms with Crippen LogP contribution in [0.2, 0.25) is 0 Å². The molecule has 3 rings (SSSR count). The van der Waals surface area contributed by atoms with Crippen LogP contribution in [0.25, 0.3) is 0 Å². The first-order chi connectivity index (χ1) is 16.5. The fourth-order valence-corrected chi connectivity index (χ4v) is 3.83. The van der Waals surface area contributed by atoms with E-state index in [4.69, 9.17) is 9.47 Å². The number of ether oxygens (including phenoxy) is 2. The van der Waals surface area contributed by atoms with E-state index in [0.29, 0.717) is 13.1 Å². The van der Waals surface area contributed by atoms with Crippen LogP contribution in [0, 0.1) is 13.8 Å². The number of amides is 3. The van der Waals surface area contributed by atoms with E-state index in [9.17, 15) is 14.4 Å². The molecule has 1 fully saturated rings. The molecule has 0 aliphatic carbocycles. The Balaban J connectivity index is 1.66. The van der Waals surface area contributed by atoms with Crippen LogP contribution >= 0.6 is 0 Å². The summed E-state index contributed by atoms with van der Waals surface area (Å²) in [5.74, 6) is 0.501. The highest BCUT2D eigenvalue weighted by molar-refractivity contribution is 5.87. The molecule has 2 aromatic rings. The lowest BCUT2D eigenvalue weighted by Gasteiger charge is -2.40. The molecule has 2 heterocycles. The number of aryl methyl sites for hydroxylation is 2. The van der Waals surface area contributed by atoms with Crippen LogP contribution in [-0.4, -0.2) is 75.3 Å². The van der Waals surface area contributed by atoms with E-state index < -0.39 is 23.8 Å². The van der Waals surface area contributed by atoms with Gasteiger partial charge in [0.15, 0.2) is 0 Å². The maximum Gasteiger partial charge on any atom is 0.410 e. The number of rotatable bonds is 6. The largest absolute Gasteiger partial charge is 0.445 e. The van der Waals surface area contributed by atoms with Crippen LogP contribution in [0.15, 0.2) is 36.5 Å². The van der Waals surface area contributed by atoms with Gasteiger partial charge in [0.25, 0.3) is 0 Å². The Kier molecular flexibility index (Phi) is 8.37. The molecule has 0 bridgehead atoms. The van der Waals surface area contributed by atoms with Gasteiger partial charge in [-0.1, -0.05) is 30.3 Å². The van der Waals surface area contributed by atoms with Crippen molar-refractivity contribution in [2.24, 2.45) is 0 Å². The Morgan fingerprint density at radius 2 is 1.80 bits per heavy atom. The Labute approximate surface area is 206 Å². The molecule has 1 aliphatic heterocycles. The Morgan fingerprint density at radius 3 is 2.43 bits per heavy atom. The molecule has 35 heavy (non-hydrogen) atoms. The van der Waals surface area contributed by atoms with E-state index in [-0.39, 0.29) is 32.1 Å². The molecule has 1 aromatic heterocycles. The molecule has 1 aliphatic rings. The molecule has 1 unspecified atom stereocenters. The third-order valence-electron chi connectivity index (χ3n) is 5.52. The molecule has 1 aromatic carbocycles. The first-order valence-electron chi connectivity index (χ1n) is 11.8. The predicted molar refractivity (Wildman–Crippen MR) is 130 cm³/mol. The molecule has 0 radical (unpaired) electrons. The molecule has 0 spiro atoms. The fraction of sp³-hybridized carbons (Fsp3) is 0.520. The monoisotopic (exact) mass is 485 g/mol. The Morgan fingerprint density at radius 1 is 1.09 bits per heavy atom. The van der Waals surface area contributed by atoms with Gasteiger partial charge in [-0.15, -0.1) is 0 Å². The molecule has 190 valence electrons. The minimum Gasteiger partial charge on any atom is -0.445 e. The van der Waals surface area contributed by atoms with Crippen molar-refractivity contribution in [1.82, 2.24) is 24.7 Å². The molecule has 10 heteroatoms. The molecular formula is C25H35N5O5. The molecule has 3 amide bonds. The smallest absolute Gasteiger partial charge is 0.410 e. The Hall–Kier alpha value is -3.56. The predicted octanol–water partition coefficient (Wildman–Crippen LogP) is 2.87. The topological polar surface area (TPSA) is 106 Å². The van der Waals surface area contributed by atoms with Crippen molar-refractivity contribution >= 4 is 18.1 Å². The average Bonchev–Trinajstić information content (AvgIpc) is 3.13. The molecule has 1 atom stereocenters. The van der Waals surface area contributed by atoms with Gasteiger partial charge in [-0.05, 0) is 40.2 Å². The first kappa shape index (κ1) is 26.1. The third-order valence-corrected chi connectivity index (χ3v) is 5.52. The zero-order valence-corrected chi connectivity index (χ0v) is 21.1. The summed E-state index contributed by atoms with van der Waals surface area (Å²) >= 11 is 0. The van der Waals surface area contributed by atoms with Gasteiger partial charge in [-0.3, -0.25) is 9.69 Å². The number of carbonyl (C=O) groups excluding carboxylic acids is 3. The lowest BCUT2D eigenvalue weighted by atomic mass is 10.1. The quantitative estimate of drug-likeness (QED) is 0.675. The Bertz CT molecular complexity index is 1030. The summed E-state index contributed by atoms with van der Waals surface area (Å²) in [5.41, 5.74) is 1.09. The second-order valence-electron chi connectivity index (χ2n) is 9.59. The number of hydrogen-bond acceptors (Lipinski definition) is 6. The summed E-state index contributed by atoms with van der Waals surface area (Å²) < 4.78 is 12.9. The van der Waals surface area contributed by atoms with Crippen molar-refractivity contribution in [2.75, 3.05) is 26.2 Å². The second kappa shape index (κ2) is 11.2. The van der Waals surface area contributed by atoms with Gasteiger partial charge in [0.2, 0.25) is 5.91 Å². The van der Waals surface area contributed by atoms with Crippen molar-refractivity contribution in [3.63, 3.8) is 0 Å². The normalized spacial score (nSPS) is 16.1. The molecule has 1 saturated heterocycles. The van der Waals surface area contributed by atoms with E-state index in [2.05, 4.69) is 10.3 Å². The number of hydrogen-bond donors (Lipinski definition) is 1. The van der Waals surface area contributed by atoms with Crippen molar-refractivity contribution in [3.8, 4) is 0 Å². The maximum atomic E-state index is 13.2. The highest BCUT2D eigenvalue weighted by Gasteiger charge is 2.39. The number of piperazine rings is 1. The maximum absolute atomic E-state index is 13.2. The van der Waals surface area contributed by atoms with Gasteiger partial charge < -0.3 is 24.3 Å². The fourth-order valence-electron chi connectivity index (χ4n) is 3.83. The number of carbonyl (C=O) groups is 3. The van der Waals surface area contributed by atoms with Crippen LogP contribution in [0.4, 0.5) is 9.59 Å². The molecule has 0 saturated carbocycles. The zero-order chi connectivity index (χ0) is 25.6. The van der Waals surface area contributed by atoms with Crippen molar-refractivity contribution in [1.29, 1.82) is 0 Å². The summed E-state index contributed by atoms with van der Waals surface area (Å²) in [6.45, 7) is 10.6. The summed E-state index contributed by atoms with van der Waals surface area (Å²) in [7, 11) is 0. The van der Waals surface area contributed by atoms with Crippen LogP contribution in [-0.2, 0) is 27.4 Å². The molecule has 10 nitrogen and oxygen atoms in total. The van der Waals surface area contributed by atoms with E-state index in [0.717, 1.165) is 17.1 Å². The number of nitrogens with zero attached hydrogens (tertiary/aromatic N) is 4. The lowest BCUT2D eigenvalue weighted by Crippen LogP contribution is -2.62. The van der Waals surface area contributed by atoms with Crippen molar-refractivity contribution in [3.05, 3.63) is 53.6 Å². The van der Waals surface area contributed by atoms with Crippen molar-refractivity contribution in [2.45, 2.75) is 59.4 Å². The van der Waals surface area contributed by atoms with E-state index in [1.165, 1.54) is 9.80 Å². The number of nitrogens with one attached hydrogen (secondary N) is 1. The van der Waals surface area contributed by atoms with E-state index in [1.54, 1.807) is 20.8 Å². The number of imidazole rings is 1. The van der Waals surface area contributed by atoms with Crippen LogP contribution in [0.3, 0.4) is 0 Å². The zero-order valence-electron chi connectivity index (χ0n) is 21.1. The van der Waals surface area contributed by atoms with Gasteiger partial charge in [0.1, 0.15) is 24.1 Å². The van der Waals surface area contributed by atoms with Crippen LogP contribution in [0.1, 0.15) is 37.9 Å². The number of benzene rings is 1. The minimum atomic E-state index is -0.898. The molecular weight excluding hydrogens is 450 g/mol. The van der Waals surface area contributed by atoms with E-state index >= 15 is 0 Å². The van der Waals surface area contributed by atoms with Gasteiger partial charge in [0, 0.05) is 32.4 Å². The summed E-state index contributed by atoms with van der Waals surface area (Å²) in [5, 5.41) is 2.89. The SMILES string of the molecule is Cc1cn(CCNC(=O)C2CN(C(=O)OC(C)(C)C)CCN2C(=O)OCc2ccccc2)c(C)n1. The lowest BCUT2D eigenvalue weighted by molar-refractivity contribution is -0.128. The van der Waals surface area contributed by atoms with Crippen LogP contribution < -0.4 is 5.32 Å². The standard InChI is InChI=1S/C25H35N5O5/c1-18-15-28(19(2)27-18)12-11-26-22(31)21-16-29(23(32)35-25(3,4)5)13-14-30(21)24(33)34-17-20-9-7-6-8-10-20/h6-10,15,21H,11-14,16-17H2,1-5H3,(H,26,31). The van der Waals surface area contributed by atoms with Crippen LogP contribution in [0.5, 0.6) is 0 Å². The third kappa shape index (κ3) is 7.46. The summed E-state index contributed by atoms with van der Waals surface area (Å²) in [6, 6.07) is 8.43. The van der Waals surface area contributed by atoms with Gasteiger partial charge >= 0.3 is 12.2 Å². The highest BCUT2D eigenvalue weighted by Crippen LogP contribution is 2.17. The summed E-state index contributed by atoms with van der Waals surface area (Å²) in [6.07, 6.45) is 0.801. The highest BCUT2D eigenvalue weighted by atomic mass is 16.6. The average molecular weight is 486 g/mol. The number of aromatic nitrogens is 2. The summed E-state index contributed by atoms with van der Waals surface area (Å²) in [4.78, 5) is 45.9. The second-order valence-corrected chi connectivity index (χ2v) is 9.59. The van der Waals surface area contributed by atoms with E-state index in [1.807, 2.05) is 54.9 Å². The minimum absolute atomic E-state index is 0.0182. The van der Waals surface area contributed by atoms with Gasteiger partial charge in [0.05, 0.1) is 12.2 Å². The molecule has 1 N–H and O–H groups in total. The van der Waals surface area contributed by atoms with Crippen molar-refractivity contribution < 1.29 is 23.9 Å². The first-order valence-corrected chi connectivity index (χ1v) is 11.8.